The SMILES string of the molecule is N#Cc1ccc(/C=C/C(=O)Nc2cc(S(=O)(=O)N3CCOCC3)ccc2N2CCCCC2)cc1. The lowest BCUT2D eigenvalue weighted by atomic mass is 10.1. The predicted octanol–water partition coefficient (Wildman–Crippen LogP) is 3.22. The second kappa shape index (κ2) is 10.8. The van der Waals surface area contributed by atoms with Crippen LogP contribution in [0.5, 0.6) is 0 Å². The number of sulfonamides is 1. The number of rotatable bonds is 6. The van der Waals surface area contributed by atoms with E-state index in [2.05, 4.69) is 16.3 Å². The average Bonchev–Trinajstić information content (AvgIpc) is 2.89. The van der Waals surface area contributed by atoms with Gasteiger partial charge in [0.2, 0.25) is 15.9 Å². The summed E-state index contributed by atoms with van der Waals surface area (Å²) >= 11 is 0. The topological polar surface area (TPSA) is 103 Å². The van der Waals surface area contributed by atoms with Crippen molar-refractivity contribution in [1.82, 2.24) is 4.31 Å². The van der Waals surface area contributed by atoms with Crippen molar-refractivity contribution in [3.8, 4) is 6.07 Å². The van der Waals surface area contributed by atoms with Gasteiger partial charge in [-0.1, -0.05) is 12.1 Å². The normalized spacial score (nSPS) is 17.4. The van der Waals surface area contributed by atoms with E-state index in [-0.39, 0.29) is 10.8 Å². The molecule has 2 aliphatic rings. The Balaban J connectivity index is 1.59. The number of nitrogens with zero attached hydrogens (tertiary/aromatic N) is 3. The van der Waals surface area contributed by atoms with Crippen LogP contribution in [0.4, 0.5) is 11.4 Å². The van der Waals surface area contributed by atoms with Crippen LogP contribution in [0.2, 0.25) is 0 Å². The molecule has 8 nitrogen and oxygen atoms in total. The molecule has 34 heavy (non-hydrogen) atoms. The van der Waals surface area contributed by atoms with E-state index in [0.29, 0.717) is 37.6 Å². The lowest BCUT2D eigenvalue weighted by molar-refractivity contribution is -0.111. The van der Waals surface area contributed by atoms with Gasteiger partial charge in [-0.2, -0.15) is 9.57 Å². The molecule has 2 heterocycles. The predicted molar refractivity (Wildman–Crippen MR) is 131 cm³/mol. The summed E-state index contributed by atoms with van der Waals surface area (Å²) in [6.45, 7) is 3.08. The number of carbonyl (C=O) groups is 1. The van der Waals surface area contributed by atoms with Crippen molar-refractivity contribution < 1.29 is 17.9 Å². The maximum absolute atomic E-state index is 13.2. The Kier molecular flexibility index (Phi) is 7.63. The lowest BCUT2D eigenvalue weighted by Crippen LogP contribution is -2.40. The van der Waals surface area contributed by atoms with Crippen LogP contribution in [0.1, 0.15) is 30.4 Å². The maximum atomic E-state index is 13.2. The third-order valence-corrected chi connectivity index (χ3v) is 7.89. The molecule has 0 bridgehead atoms. The fraction of sp³-hybridized carbons (Fsp3) is 0.360. The standard InChI is InChI=1S/C25H28N4O4S/c26-19-21-6-4-20(5-7-21)8-11-25(30)27-23-18-22(34(31,32)29-14-16-33-17-15-29)9-10-24(23)28-12-2-1-3-13-28/h4-11,18H,1-3,12-17H2,(H,27,30)/b11-8+. The first kappa shape index (κ1) is 24.0. The summed E-state index contributed by atoms with van der Waals surface area (Å²) in [6.07, 6.45) is 6.34. The fourth-order valence-corrected chi connectivity index (χ4v) is 5.57. The molecule has 0 spiro atoms. The highest BCUT2D eigenvalue weighted by Gasteiger charge is 2.28. The number of piperidine rings is 1. The highest BCUT2D eigenvalue weighted by molar-refractivity contribution is 7.89. The molecule has 0 aliphatic carbocycles. The summed E-state index contributed by atoms with van der Waals surface area (Å²) in [7, 11) is -3.69. The van der Waals surface area contributed by atoms with Crippen LogP contribution in [-0.2, 0) is 19.6 Å². The van der Waals surface area contributed by atoms with Crippen LogP contribution in [0.15, 0.2) is 53.4 Å². The first-order chi connectivity index (χ1) is 16.5. The van der Waals surface area contributed by atoms with Crippen molar-refractivity contribution in [3.63, 3.8) is 0 Å². The number of anilines is 2. The van der Waals surface area contributed by atoms with Gasteiger partial charge in [0.25, 0.3) is 0 Å². The second-order valence-electron chi connectivity index (χ2n) is 8.30. The molecule has 0 aromatic heterocycles. The number of carbonyl (C=O) groups excluding carboxylic acids is 1. The summed E-state index contributed by atoms with van der Waals surface area (Å²) in [6, 6.07) is 13.9. The van der Waals surface area contributed by atoms with Gasteiger partial charge in [-0.3, -0.25) is 4.79 Å². The fourth-order valence-electron chi connectivity index (χ4n) is 4.14. The largest absolute Gasteiger partial charge is 0.379 e. The molecular formula is C25H28N4O4S. The molecule has 2 aliphatic heterocycles. The summed E-state index contributed by atoms with van der Waals surface area (Å²) in [4.78, 5) is 15.1. The molecule has 178 valence electrons. The Hall–Kier alpha value is -3.19. The number of nitriles is 1. The van der Waals surface area contributed by atoms with Crippen molar-refractivity contribution in [1.29, 1.82) is 5.26 Å². The van der Waals surface area contributed by atoms with Gasteiger partial charge in [0.15, 0.2) is 0 Å². The summed E-state index contributed by atoms with van der Waals surface area (Å²) in [5, 5.41) is 11.8. The number of nitrogens with one attached hydrogen (secondary N) is 1. The van der Waals surface area contributed by atoms with Gasteiger partial charge in [0.1, 0.15) is 0 Å². The molecule has 2 aromatic rings. The van der Waals surface area contributed by atoms with E-state index in [1.807, 2.05) is 0 Å². The first-order valence-electron chi connectivity index (χ1n) is 11.4. The van der Waals surface area contributed by atoms with Crippen LogP contribution in [0.3, 0.4) is 0 Å². The number of hydrogen-bond acceptors (Lipinski definition) is 6. The van der Waals surface area contributed by atoms with Crippen LogP contribution in [-0.4, -0.2) is 58.0 Å². The molecule has 2 saturated heterocycles. The lowest BCUT2D eigenvalue weighted by Gasteiger charge is -2.31. The smallest absolute Gasteiger partial charge is 0.248 e. The van der Waals surface area contributed by atoms with Gasteiger partial charge < -0.3 is 15.0 Å². The molecule has 1 amide bonds. The Morgan fingerprint density at radius 1 is 1.00 bits per heavy atom. The molecular weight excluding hydrogens is 452 g/mol. The van der Waals surface area contributed by atoms with Gasteiger partial charge in [-0.25, -0.2) is 8.42 Å². The van der Waals surface area contributed by atoms with Gasteiger partial charge in [-0.05, 0) is 61.2 Å². The summed E-state index contributed by atoms with van der Waals surface area (Å²) < 4.78 is 33.1. The maximum Gasteiger partial charge on any atom is 0.248 e. The average molecular weight is 481 g/mol. The number of amides is 1. The van der Waals surface area contributed by atoms with E-state index in [9.17, 15) is 13.2 Å². The Morgan fingerprint density at radius 2 is 1.71 bits per heavy atom. The van der Waals surface area contributed by atoms with Crippen LogP contribution in [0, 0.1) is 11.3 Å². The molecule has 9 heteroatoms. The quantitative estimate of drug-likeness (QED) is 0.637. The zero-order chi connectivity index (χ0) is 24.0. The molecule has 0 saturated carbocycles. The van der Waals surface area contributed by atoms with Gasteiger partial charge in [-0.15, -0.1) is 0 Å². The van der Waals surface area contributed by atoms with Crippen molar-refractivity contribution in [2.24, 2.45) is 0 Å². The number of morpholine rings is 1. The molecule has 4 rings (SSSR count). The van der Waals surface area contributed by atoms with E-state index >= 15 is 0 Å². The van der Waals surface area contributed by atoms with E-state index in [0.717, 1.165) is 43.6 Å². The Bertz CT molecular complexity index is 1190. The van der Waals surface area contributed by atoms with E-state index in [4.69, 9.17) is 10.00 Å². The minimum Gasteiger partial charge on any atom is -0.379 e. The van der Waals surface area contributed by atoms with E-state index in [1.165, 1.54) is 10.4 Å². The molecule has 0 radical (unpaired) electrons. The number of benzene rings is 2. The van der Waals surface area contributed by atoms with Gasteiger partial charge in [0, 0.05) is 32.3 Å². The van der Waals surface area contributed by atoms with Crippen molar-refractivity contribution in [2.75, 3.05) is 49.6 Å². The zero-order valence-electron chi connectivity index (χ0n) is 18.9. The van der Waals surface area contributed by atoms with Crippen LogP contribution < -0.4 is 10.2 Å². The number of hydrogen-bond donors (Lipinski definition) is 1. The third-order valence-electron chi connectivity index (χ3n) is 6.00. The summed E-state index contributed by atoms with van der Waals surface area (Å²) in [5.74, 6) is -0.358. The summed E-state index contributed by atoms with van der Waals surface area (Å²) in [5.41, 5.74) is 2.63. The highest BCUT2D eigenvalue weighted by atomic mass is 32.2. The van der Waals surface area contributed by atoms with E-state index in [1.54, 1.807) is 48.5 Å². The monoisotopic (exact) mass is 480 g/mol. The highest BCUT2D eigenvalue weighted by Crippen LogP contribution is 2.32. The zero-order valence-corrected chi connectivity index (χ0v) is 19.8. The third kappa shape index (κ3) is 5.65. The minimum absolute atomic E-state index is 0.154. The first-order valence-corrected chi connectivity index (χ1v) is 12.9. The van der Waals surface area contributed by atoms with Gasteiger partial charge >= 0.3 is 0 Å². The molecule has 0 unspecified atom stereocenters. The molecule has 2 fully saturated rings. The minimum atomic E-state index is -3.69. The number of ether oxygens (including phenoxy) is 1. The molecule has 1 N–H and O–H groups in total. The van der Waals surface area contributed by atoms with Crippen LogP contribution >= 0.6 is 0 Å². The molecule has 2 aromatic carbocycles. The Labute approximate surface area is 200 Å². The van der Waals surface area contributed by atoms with E-state index < -0.39 is 10.0 Å². The van der Waals surface area contributed by atoms with Crippen molar-refractivity contribution in [2.45, 2.75) is 24.2 Å². The van der Waals surface area contributed by atoms with Crippen molar-refractivity contribution >= 4 is 33.4 Å². The van der Waals surface area contributed by atoms with Crippen LogP contribution in [0.25, 0.3) is 6.08 Å². The second-order valence-corrected chi connectivity index (χ2v) is 10.2. The van der Waals surface area contributed by atoms with Crippen molar-refractivity contribution in [3.05, 3.63) is 59.7 Å². The Morgan fingerprint density at radius 3 is 2.38 bits per heavy atom. The molecule has 0 atom stereocenters. The van der Waals surface area contributed by atoms with Gasteiger partial charge in [0.05, 0.1) is 41.1 Å².